The first-order valence-electron chi connectivity index (χ1n) is 27.6. The standard InChI is InChI=1S/C61H105NO3/c1-3-5-7-9-11-13-15-17-19-21-23-25-27-28-29-30-31-32-33-34-35-37-39-41-43-45-47-49-51-53-55-57-61(65)62-59(58-63)60(64)56-54-52-50-48-46-44-42-40-38-36-26-24-22-20-18-16-14-12-10-8-6-4-2/h5,7,11,13,17,19,23,25,28-29,31-32,38,40,46,48,54,56,59-60,63-64H,3-4,6,8-10,12,14-16,18,20-22,24,26-27,30,33-37,39,41-45,47,49-53,55,57-58H2,1-2H3,(H,62,65)/b7-5-,13-11-,19-17-,25-23-,29-28-,32-31-,40-38+,48-46+,56-54+. The molecule has 3 N–H and O–H groups in total. The number of nitrogens with one attached hydrogen (secondary N) is 1. The summed E-state index contributed by atoms with van der Waals surface area (Å²) in [5.74, 6) is -0.0834. The quantitative estimate of drug-likeness (QED) is 0.0421. The lowest BCUT2D eigenvalue weighted by molar-refractivity contribution is -0.123. The molecule has 0 heterocycles. The third-order valence-corrected chi connectivity index (χ3v) is 12.0. The minimum atomic E-state index is -0.878. The molecule has 4 nitrogen and oxygen atoms in total. The maximum absolute atomic E-state index is 12.5. The van der Waals surface area contributed by atoms with Crippen LogP contribution in [-0.2, 0) is 4.79 Å². The highest BCUT2D eigenvalue weighted by Crippen LogP contribution is 2.15. The van der Waals surface area contributed by atoms with Crippen LogP contribution in [0.3, 0.4) is 0 Å². The molecule has 0 aromatic heterocycles. The smallest absolute Gasteiger partial charge is 0.220 e. The number of hydrogen-bond donors (Lipinski definition) is 3. The van der Waals surface area contributed by atoms with Gasteiger partial charge in [0, 0.05) is 6.42 Å². The number of aliphatic hydroxyl groups is 2. The second kappa shape index (κ2) is 55.4. The van der Waals surface area contributed by atoms with E-state index in [0.29, 0.717) is 6.42 Å². The van der Waals surface area contributed by atoms with E-state index in [0.717, 1.165) is 77.0 Å². The largest absolute Gasteiger partial charge is 0.394 e. The molecule has 0 spiro atoms. The molecule has 0 aliphatic carbocycles. The Hall–Kier alpha value is -2.95. The fraction of sp³-hybridized carbons (Fsp3) is 0.689. The van der Waals surface area contributed by atoms with Gasteiger partial charge in [0.05, 0.1) is 18.8 Å². The van der Waals surface area contributed by atoms with Crippen molar-refractivity contribution in [2.75, 3.05) is 6.61 Å². The molecule has 0 saturated heterocycles. The highest BCUT2D eigenvalue weighted by Gasteiger charge is 2.17. The van der Waals surface area contributed by atoms with Crippen molar-refractivity contribution in [1.82, 2.24) is 5.32 Å². The minimum absolute atomic E-state index is 0.0834. The zero-order valence-electron chi connectivity index (χ0n) is 42.7. The van der Waals surface area contributed by atoms with Gasteiger partial charge in [-0.2, -0.15) is 0 Å². The lowest BCUT2D eigenvalue weighted by atomic mass is 10.0. The van der Waals surface area contributed by atoms with E-state index in [1.165, 1.54) is 154 Å². The molecule has 0 radical (unpaired) electrons. The van der Waals surface area contributed by atoms with Gasteiger partial charge in [0.25, 0.3) is 0 Å². The van der Waals surface area contributed by atoms with Crippen LogP contribution in [0.2, 0.25) is 0 Å². The number of aliphatic hydroxyl groups excluding tert-OH is 2. The molecule has 2 unspecified atom stereocenters. The van der Waals surface area contributed by atoms with Crippen LogP contribution in [0.1, 0.15) is 251 Å². The van der Waals surface area contributed by atoms with E-state index in [1.807, 2.05) is 6.08 Å². The van der Waals surface area contributed by atoms with Gasteiger partial charge >= 0.3 is 0 Å². The summed E-state index contributed by atoms with van der Waals surface area (Å²) in [4.78, 5) is 12.5. The average Bonchev–Trinajstić information content (AvgIpc) is 3.31. The van der Waals surface area contributed by atoms with Crippen LogP contribution in [0, 0.1) is 0 Å². The first-order valence-corrected chi connectivity index (χ1v) is 27.6. The van der Waals surface area contributed by atoms with Gasteiger partial charge < -0.3 is 15.5 Å². The molecule has 0 saturated carbocycles. The summed E-state index contributed by atoms with van der Waals surface area (Å²) < 4.78 is 0. The monoisotopic (exact) mass is 900 g/mol. The molecule has 0 aromatic carbocycles. The lowest BCUT2D eigenvalue weighted by Gasteiger charge is -2.19. The molecule has 4 heteroatoms. The second-order valence-electron chi connectivity index (χ2n) is 18.2. The van der Waals surface area contributed by atoms with Gasteiger partial charge in [0.1, 0.15) is 0 Å². The van der Waals surface area contributed by atoms with Crippen LogP contribution in [0.5, 0.6) is 0 Å². The Labute approximate surface area is 404 Å². The maximum Gasteiger partial charge on any atom is 0.220 e. The van der Waals surface area contributed by atoms with Crippen LogP contribution in [0.25, 0.3) is 0 Å². The molecule has 2 atom stereocenters. The number of carbonyl (C=O) groups excluding carboxylic acids is 1. The number of hydrogen-bond acceptors (Lipinski definition) is 3. The summed E-state index contributed by atoms with van der Waals surface area (Å²) in [5, 5.41) is 23.1. The van der Waals surface area contributed by atoms with E-state index in [-0.39, 0.29) is 12.5 Å². The molecule has 0 aliphatic rings. The van der Waals surface area contributed by atoms with Crippen molar-refractivity contribution in [3.8, 4) is 0 Å². The Bertz CT molecular complexity index is 1250. The fourth-order valence-electron chi connectivity index (χ4n) is 7.80. The summed E-state index contributed by atoms with van der Waals surface area (Å²) in [6, 6.07) is -0.654. The van der Waals surface area contributed by atoms with Crippen molar-refractivity contribution in [3.63, 3.8) is 0 Å². The van der Waals surface area contributed by atoms with Crippen molar-refractivity contribution in [1.29, 1.82) is 0 Å². The number of rotatable bonds is 49. The van der Waals surface area contributed by atoms with Crippen LogP contribution in [0.15, 0.2) is 109 Å². The first kappa shape index (κ1) is 62.1. The third-order valence-electron chi connectivity index (χ3n) is 12.0. The number of carbonyl (C=O) groups is 1. The van der Waals surface area contributed by atoms with E-state index in [1.54, 1.807) is 6.08 Å². The van der Waals surface area contributed by atoms with E-state index in [4.69, 9.17) is 0 Å². The van der Waals surface area contributed by atoms with E-state index in [2.05, 4.69) is 116 Å². The number of amides is 1. The highest BCUT2D eigenvalue weighted by molar-refractivity contribution is 5.76. The zero-order valence-corrected chi connectivity index (χ0v) is 42.7. The average molecular weight is 901 g/mol. The summed E-state index contributed by atoms with van der Waals surface area (Å²) in [6.45, 7) is 4.18. The van der Waals surface area contributed by atoms with Crippen molar-refractivity contribution >= 4 is 5.91 Å². The van der Waals surface area contributed by atoms with Gasteiger partial charge in [-0.25, -0.2) is 0 Å². The number of unbranched alkanes of at least 4 members (excludes halogenated alkanes) is 26. The van der Waals surface area contributed by atoms with Gasteiger partial charge in [-0.15, -0.1) is 0 Å². The fourth-order valence-corrected chi connectivity index (χ4v) is 7.80. The highest BCUT2D eigenvalue weighted by atomic mass is 16.3. The molecule has 372 valence electrons. The summed E-state index contributed by atoms with van der Waals surface area (Å²) in [7, 11) is 0. The van der Waals surface area contributed by atoms with Gasteiger partial charge in [-0.05, 0) is 96.3 Å². The summed E-state index contributed by atoms with van der Waals surface area (Å²) in [5.41, 5.74) is 0. The summed E-state index contributed by atoms with van der Waals surface area (Å²) in [6.07, 6.45) is 83.8. The maximum atomic E-state index is 12.5. The van der Waals surface area contributed by atoms with Crippen molar-refractivity contribution in [2.45, 2.75) is 264 Å². The SMILES string of the molecule is CC/C=C\C/C=C\C/C=C\C/C=C\C/C=C\C/C=C\CCCCCCCCCCCCCCC(=O)NC(CO)C(O)/C=C/CC/C=C/CC/C=C/CCCCCCCCCCCCCC. The van der Waals surface area contributed by atoms with Crippen LogP contribution in [-0.4, -0.2) is 34.9 Å². The second-order valence-corrected chi connectivity index (χ2v) is 18.2. The molecule has 0 bridgehead atoms. The lowest BCUT2D eigenvalue weighted by Crippen LogP contribution is -2.45. The zero-order chi connectivity index (χ0) is 47.0. The third kappa shape index (κ3) is 51.9. The molecule has 65 heavy (non-hydrogen) atoms. The van der Waals surface area contributed by atoms with Gasteiger partial charge in [-0.1, -0.05) is 258 Å². The molecule has 1 amide bonds. The first-order chi connectivity index (χ1) is 32.2. The Morgan fingerprint density at radius 2 is 0.692 bits per heavy atom. The molecule has 0 fully saturated rings. The van der Waals surface area contributed by atoms with Crippen molar-refractivity contribution < 1.29 is 15.0 Å². The van der Waals surface area contributed by atoms with Crippen LogP contribution >= 0.6 is 0 Å². The Morgan fingerprint density at radius 1 is 0.385 bits per heavy atom. The van der Waals surface area contributed by atoms with Gasteiger partial charge in [-0.3, -0.25) is 4.79 Å². The molecular formula is C61H105NO3. The van der Waals surface area contributed by atoms with Crippen molar-refractivity contribution in [3.05, 3.63) is 109 Å². The molecule has 0 aliphatic heterocycles. The molecule has 0 rings (SSSR count). The van der Waals surface area contributed by atoms with Gasteiger partial charge in [0.15, 0.2) is 0 Å². The Kier molecular flexibility index (Phi) is 52.9. The molecular weight excluding hydrogens is 795 g/mol. The Morgan fingerprint density at radius 3 is 1.08 bits per heavy atom. The van der Waals surface area contributed by atoms with Gasteiger partial charge in [0.2, 0.25) is 5.91 Å². The Balaban J connectivity index is 3.61. The normalized spacial score (nSPS) is 13.7. The summed E-state index contributed by atoms with van der Waals surface area (Å²) >= 11 is 0. The number of allylic oxidation sites excluding steroid dienone is 17. The topological polar surface area (TPSA) is 69.6 Å². The molecule has 0 aromatic rings. The van der Waals surface area contributed by atoms with E-state index >= 15 is 0 Å². The predicted octanol–water partition coefficient (Wildman–Crippen LogP) is 18.3. The predicted molar refractivity (Wildman–Crippen MR) is 289 cm³/mol. The minimum Gasteiger partial charge on any atom is -0.394 e. The van der Waals surface area contributed by atoms with E-state index in [9.17, 15) is 15.0 Å². The van der Waals surface area contributed by atoms with Crippen molar-refractivity contribution in [2.24, 2.45) is 0 Å². The van der Waals surface area contributed by atoms with Crippen LogP contribution in [0.4, 0.5) is 0 Å². The van der Waals surface area contributed by atoms with Crippen LogP contribution < -0.4 is 5.32 Å². The van der Waals surface area contributed by atoms with E-state index < -0.39 is 12.1 Å².